The van der Waals surface area contributed by atoms with Crippen molar-refractivity contribution in [1.82, 2.24) is 5.43 Å². The van der Waals surface area contributed by atoms with Crippen LogP contribution in [0.25, 0.3) is 6.08 Å². The monoisotopic (exact) mass is 402 g/mol. The minimum absolute atomic E-state index is 0.0572. The van der Waals surface area contributed by atoms with E-state index < -0.39 is 24.4 Å². The average molecular weight is 403 g/mol. The highest BCUT2D eigenvalue weighted by atomic mass is 35.5. The lowest BCUT2D eigenvalue weighted by atomic mass is 10.1. The summed E-state index contributed by atoms with van der Waals surface area (Å²) in [6.45, 7) is -0.594. The number of methoxy groups -OCH3 is 1. The zero-order valence-electron chi connectivity index (χ0n) is 14.6. The van der Waals surface area contributed by atoms with Crippen LogP contribution in [-0.2, 0) is 14.4 Å². The number of halogens is 1. The molecule has 2 N–H and O–H groups in total. The van der Waals surface area contributed by atoms with Gasteiger partial charge in [-0.3, -0.25) is 15.0 Å². The minimum Gasteiger partial charge on any atom is -0.493 e. The van der Waals surface area contributed by atoms with Gasteiger partial charge in [-0.2, -0.15) is 0 Å². The molecule has 0 aromatic heterocycles. The van der Waals surface area contributed by atoms with E-state index in [0.29, 0.717) is 11.3 Å². The molecule has 0 radical (unpaired) electrons. The highest BCUT2D eigenvalue weighted by Crippen LogP contribution is 2.37. The van der Waals surface area contributed by atoms with Crippen LogP contribution in [0.3, 0.4) is 0 Å². The molecule has 0 bridgehead atoms. The Bertz CT molecular complexity index is 974. The van der Waals surface area contributed by atoms with Gasteiger partial charge in [0.2, 0.25) is 0 Å². The third-order valence-electron chi connectivity index (χ3n) is 3.81. The smallest absolute Gasteiger partial charge is 0.341 e. The van der Waals surface area contributed by atoms with Crippen LogP contribution in [0.4, 0.5) is 5.69 Å². The lowest BCUT2D eigenvalue weighted by molar-refractivity contribution is -0.139. The fourth-order valence-corrected chi connectivity index (χ4v) is 2.85. The second kappa shape index (κ2) is 8.01. The van der Waals surface area contributed by atoms with Crippen molar-refractivity contribution in [2.45, 2.75) is 0 Å². The number of amides is 2. The number of aliphatic carboxylic acids is 1. The van der Waals surface area contributed by atoms with Crippen LogP contribution in [0.1, 0.15) is 5.56 Å². The Morgan fingerprint density at radius 3 is 2.61 bits per heavy atom. The maximum atomic E-state index is 12.6. The quantitative estimate of drug-likeness (QED) is 0.567. The molecule has 0 spiro atoms. The zero-order valence-corrected chi connectivity index (χ0v) is 15.4. The van der Waals surface area contributed by atoms with Crippen molar-refractivity contribution in [3.63, 3.8) is 0 Å². The number of rotatable bonds is 6. The van der Waals surface area contributed by atoms with E-state index in [9.17, 15) is 14.4 Å². The summed E-state index contributed by atoms with van der Waals surface area (Å²) >= 11 is 6.16. The Morgan fingerprint density at radius 2 is 1.96 bits per heavy atom. The summed E-state index contributed by atoms with van der Waals surface area (Å²) in [5.41, 5.74) is 3.36. The molecule has 8 nitrogen and oxygen atoms in total. The van der Waals surface area contributed by atoms with Crippen molar-refractivity contribution < 1.29 is 29.0 Å². The van der Waals surface area contributed by atoms with E-state index in [-0.39, 0.29) is 22.1 Å². The Kier molecular flexibility index (Phi) is 5.51. The highest BCUT2D eigenvalue weighted by molar-refractivity contribution is 6.33. The number of carboxylic acids is 1. The molecule has 1 fully saturated rings. The largest absolute Gasteiger partial charge is 0.493 e. The summed E-state index contributed by atoms with van der Waals surface area (Å²) in [6, 6.07) is 11.6. The van der Waals surface area contributed by atoms with Gasteiger partial charge < -0.3 is 14.6 Å². The Labute approximate surface area is 164 Å². The van der Waals surface area contributed by atoms with Crippen molar-refractivity contribution in [2.75, 3.05) is 18.7 Å². The number of hydrogen-bond acceptors (Lipinski definition) is 5. The summed E-state index contributed by atoms with van der Waals surface area (Å²) in [5, 5.41) is 9.98. The van der Waals surface area contributed by atoms with Crippen LogP contribution in [0.5, 0.6) is 11.5 Å². The number of para-hydroxylation sites is 1. The molecule has 3 rings (SSSR count). The van der Waals surface area contributed by atoms with E-state index in [1.165, 1.54) is 25.3 Å². The summed E-state index contributed by atoms with van der Waals surface area (Å²) in [7, 11) is 1.36. The van der Waals surface area contributed by atoms with Crippen LogP contribution < -0.4 is 19.9 Å². The van der Waals surface area contributed by atoms with E-state index in [1.807, 2.05) is 0 Å². The van der Waals surface area contributed by atoms with E-state index in [4.69, 9.17) is 26.2 Å². The van der Waals surface area contributed by atoms with Gasteiger partial charge in [0.15, 0.2) is 18.1 Å². The maximum Gasteiger partial charge on any atom is 0.341 e. The zero-order chi connectivity index (χ0) is 20.3. The first-order chi connectivity index (χ1) is 13.4. The van der Waals surface area contributed by atoms with Crippen molar-refractivity contribution in [2.24, 2.45) is 0 Å². The highest BCUT2D eigenvalue weighted by Gasteiger charge is 2.34. The van der Waals surface area contributed by atoms with Crippen molar-refractivity contribution >= 4 is 41.1 Å². The van der Waals surface area contributed by atoms with E-state index in [0.717, 1.165) is 5.01 Å². The number of nitrogens with one attached hydrogen (secondary N) is 1. The molecule has 2 aromatic carbocycles. The summed E-state index contributed by atoms with van der Waals surface area (Å²) in [5.74, 6) is -2.01. The SMILES string of the molecule is COc1cc(/C=C2/C(=O)NN(c3ccccc3)C2=O)cc(Cl)c1OCC(=O)O. The van der Waals surface area contributed by atoms with Gasteiger partial charge in [0.1, 0.15) is 5.57 Å². The number of benzene rings is 2. The molecule has 28 heavy (non-hydrogen) atoms. The summed E-state index contributed by atoms with van der Waals surface area (Å²) in [4.78, 5) is 35.6. The van der Waals surface area contributed by atoms with Gasteiger partial charge in [-0.25, -0.2) is 9.80 Å². The van der Waals surface area contributed by atoms with Gasteiger partial charge in [-0.1, -0.05) is 29.8 Å². The molecule has 1 aliphatic heterocycles. The van der Waals surface area contributed by atoms with E-state index in [1.54, 1.807) is 30.3 Å². The Hall–Kier alpha value is -3.52. The third kappa shape index (κ3) is 3.91. The molecule has 1 aliphatic rings. The van der Waals surface area contributed by atoms with Gasteiger partial charge in [-0.15, -0.1) is 0 Å². The normalized spacial score (nSPS) is 14.9. The summed E-state index contributed by atoms with van der Waals surface area (Å²) < 4.78 is 10.3. The predicted molar refractivity (Wildman–Crippen MR) is 101 cm³/mol. The van der Waals surface area contributed by atoms with Crippen LogP contribution in [-0.4, -0.2) is 36.6 Å². The average Bonchev–Trinajstić information content (AvgIpc) is 2.95. The Balaban J connectivity index is 1.92. The second-order valence-electron chi connectivity index (χ2n) is 5.69. The number of carbonyl (C=O) groups is 3. The van der Waals surface area contributed by atoms with Crippen molar-refractivity contribution in [1.29, 1.82) is 0 Å². The van der Waals surface area contributed by atoms with E-state index in [2.05, 4.69) is 5.43 Å². The molecular formula is C19H15ClN2O6. The molecular weight excluding hydrogens is 388 g/mol. The molecule has 0 saturated carbocycles. The fraction of sp³-hybridized carbons (Fsp3) is 0.105. The lowest BCUT2D eigenvalue weighted by Crippen LogP contribution is -2.35. The standard InChI is InChI=1S/C19H15ClN2O6/c1-27-15-9-11(8-14(20)17(15)28-10-16(23)24)7-13-18(25)21-22(19(13)26)12-5-3-2-4-6-12/h2-9H,10H2,1H3,(H,21,25)(H,23,24)/b13-7-. The number of nitrogens with zero attached hydrogens (tertiary/aromatic N) is 1. The number of hydrazine groups is 1. The molecule has 2 amide bonds. The van der Waals surface area contributed by atoms with Crippen LogP contribution in [0, 0.1) is 0 Å². The minimum atomic E-state index is -1.17. The molecule has 1 saturated heterocycles. The van der Waals surface area contributed by atoms with Crippen molar-refractivity contribution in [3.05, 3.63) is 58.6 Å². The second-order valence-corrected chi connectivity index (χ2v) is 6.10. The van der Waals surface area contributed by atoms with Gasteiger partial charge in [0, 0.05) is 0 Å². The van der Waals surface area contributed by atoms with Gasteiger partial charge in [-0.05, 0) is 35.9 Å². The number of carbonyl (C=O) groups excluding carboxylic acids is 2. The molecule has 2 aromatic rings. The first-order valence-corrected chi connectivity index (χ1v) is 8.43. The topological polar surface area (TPSA) is 105 Å². The lowest BCUT2D eigenvalue weighted by Gasteiger charge is -2.14. The predicted octanol–water partition coefficient (Wildman–Crippen LogP) is 2.27. The van der Waals surface area contributed by atoms with Crippen LogP contribution >= 0.6 is 11.6 Å². The number of anilines is 1. The maximum absolute atomic E-state index is 12.6. The first-order valence-electron chi connectivity index (χ1n) is 8.05. The third-order valence-corrected chi connectivity index (χ3v) is 4.09. The molecule has 0 aliphatic carbocycles. The number of hydrogen-bond donors (Lipinski definition) is 2. The van der Waals surface area contributed by atoms with Crippen molar-refractivity contribution in [3.8, 4) is 11.5 Å². The molecule has 0 unspecified atom stereocenters. The number of carboxylic acid groups (broad SMARTS) is 1. The fourth-order valence-electron chi connectivity index (χ4n) is 2.58. The van der Waals surface area contributed by atoms with E-state index >= 15 is 0 Å². The van der Waals surface area contributed by atoms with Gasteiger partial charge >= 0.3 is 5.97 Å². The van der Waals surface area contributed by atoms with Gasteiger partial charge in [0.05, 0.1) is 17.8 Å². The van der Waals surface area contributed by atoms with Crippen LogP contribution in [0.2, 0.25) is 5.02 Å². The number of ether oxygens (including phenoxy) is 2. The molecule has 0 atom stereocenters. The molecule has 9 heteroatoms. The summed E-state index contributed by atoms with van der Waals surface area (Å²) in [6.07, 6.45) is 1.37. The Morgan fingerprint density at radius 1 is 1.25 bits per heavy atom. The first kappa shape index (κ1) is 19.2. The molecule has 144 valence electrons. The van der Waals surface area contributed by atoms with Gasteiger partial charge in [0.25, 0.3) is 11.8 Å². The van der Waals surface area contributed by atoms with Crippen LogP contribution in [0.15, 0.2) is 48.0 Å². The molecule has 1 heterocycles.